The lowest BCUT2D eigenvalue weighted by molar-refractivity contribution is -0.115. The predicted octanol–water partition coefficient (Wildman–Crippen LogP) is 3.41. The maximum atomic E-state index is 12.2. The monoisotopic (exact) mass is 294 g/mol. The summed E-state index contributed by atoms with van der Waals surface area (Å²) < 4.78 is 0. The lowest BCUT2D eigenvalue weighted by Gasteiger charge is -2.16. The molecule has 0 aliphatic carbocycles. The SMILES string of the molecule is Cc1cc(C)c(NC(=O)C(C)SCCCCN)c(C)c1. The third-order valence-electron chi connectivity index (χ3n) is 3.26. The number of nitrogens with one attached hydrogen (secondary N) is 1. The van der Waals surface area contributed by atoms with Crippen molar-refractivity contribution in [1.82, 2.24) is 0 Å². The van der Waals surface area contributed by atoms with Crippen LogP contribution in [0.25, 0.3) is 0 Å². The molecule has 4 heteroatoms. The van der Waals surface area contributed by atoms with Gasteiger partial charge in [-0.05, 0) is 64.0 Å². The fourth-order valence-corrected chi connectivity index (χ4v) is 3.12. The summed E-state index contributed by atoms with van der Waals surface area (Å²) in [6.45, 7) is 8.83. The van der Waals surface area contributed by atoms with Crippen molar-refractivity contribution in [3.05, 3.63) is 28.8 Å². The number of carbonyl (C=O) groups is 1. The molecule has 1 aromatic rings. The van der Waals surface area contributed by atoms with Gasteiger partial charge in [0.05, 0.1) is 5.25 Å². The lowest BCUT2D eigenvalue weighted by atomic mass is 10.1. The van der Waals surface area contributed by atoms with Crippen molar-refractivity contribution in [2.75, 3.05) is 17.6 Å². The molecule has 20 heavy (non-hydrogen) atoms. The van der Waals surface area contributed by atoms with E-state index in [9.17, 15) is 4.79 Å². The van der Waals surface area contributed by atoms with E-state index < -0.39 is 0 Å². The summed E-state index contributed by atoms with van der Waals surface area (Å²) in [5, 5.41) is 3.03. The molecule has 0 heterocycles. The Kier molecular flexibility index (Phi) is 7.10. The molecule has 1 atom stereocenters. The topological polar surface area (TPSA) is 55.1 Å². The molecule has 1 rings (SSSR count). The highest BCUT2D eigenvalue weighted by Gasteiger charge is 2.15. The normalized spacial score (nSPS) is 12.2. The van der Waals surface area contributed by atoms with Gasteiger partial charge in [-0.1, -0.05) is 17.7 Å². The van der Waals surface area contributed by atoms with Crippen LogP contribution in [0.3, 0.4) is 0 Å². The summed E-state index contributed by atoms with van der Waals surface area (Å²) in [7, 11) is 0. The van der Waals surface area contributed by atoms with E-state index in [2.05, 4.69) is 24.4 Å². The zero-order chi connectivity index (χ0) is 15.1. The third-order valence-corrected chi connectivity index (χ3v) is 4.50. The minimum atomic E-state index is -0.0344. The van der Waals surface area contributed by atoms with E-state index in [0.29, 0.717) is 0 Å². The predicted molar refractivity (Wildman–Crippen MR) is 89.5 cm³/mol. The van der Waals surface area contributed by atoms with Crippen LogP contribution in [0.2, 0.25) is 0 Å². The molecule has 1 amide bonds. The molecule has 0 aliphatic rings. The first-order valence-corrected chi connectivity index (χ1v) is 8.21. The largest absolute Gasteiger partial charge is 0.330 e. The first-order valence-electron chi connectivity index (χ1n) is 7.16. The number of hydrogen-bond donors (Lipinski definition) is 2. The van der Waals surface area contributed by atoms with Crippen molar-refractivity contribution >= 4 is 23.4 Å². The molecule has 3 N–H and O–H groups in total. The number of hydrogen-bond acceptors (Lipinski definition) is 3. The minimum Gasteiger partial charge on any atom is -0.330 e. The van der Waals surface area contributed by atoms with E-state index in [1.54, 1.807) is 11.8 Å². The number of thioether (sulfide) groups is 1. The van der Waals surface area contributed by atoms with Gasteiger partial charge in [-0.25, -0.2) is 0 Å². The smallest absolute Gasteiger partial charge is 0.237 e. The highest BCUT2D eigenvalue weighted by atomic mass is 32.2. The first-order chi connectivity index (χ1) is 9.45. The van der Waals surface area contributed by atoms with Crippen molar-refractivity contribution in [2.24, 2.45) is 5.73 Å². The van der Waals surface area contributed by atoms with Crippen LogP contribution in [-0.2, 0) is 4.79 Å². The van der Waals surface area contributed by atoms with Crippen molar-refractivity contribution in [3.8, 4) is 0 Å². The molecule has 0 aromatic heterocycles. The molecule has 0 spiro atoms. The van der Waals surface area contributed by atoms with Gasteiger partial charge in [-0.2, -0.15) is 0 Å². The maximum absolute atomic E-state index is 12.2. The molecule has 0 saturated heterocycles. The van der Waals surface area contributed by atoms with Gasteiger partial charge in [0.15, 0.2) is 0 Å². The van der Waals surface area contributed by atoms with Crippen molar-refractivity contribution in [3.63, 3.8) is 0 Å². The zero-order valence-corrected chi connectivity index (χ0v) is 13.8. The second-order valence-electron chi connectivity index (χ2n) is 5.27. The molecule has 1 aromatic carbocycles. The van der Waals surface area contributed by atoms with Gasteiger partial charge < -0.3 is 11.1 Å². The second-order valence-corrected chi connectivity index (χ2v) is 6.72. The van der Waals surface area contributed by atoms with Crippen LogP contribution in [0, 0.1) is 20.8 Å². The Morgan fingerprint density at radius 1 is 1.25 bits per heavy atom. The Morgan fingerprint density at radius 2 is 1.85 bits per heavy atom. The summed E-state index contributed by atoms with van der Waals surface area (Å²) in [4.78, 5) is 12.2. The highest BCUT2D eigenvalue weighted by molar-refractivity contribution is 8.00. The number of unbranched alkanes of at least 4 members (excludes halogenated alkanes) is 1. The average Bonchev–Trinajstić information content (AvgIpc) is 2.38. The molecule has 3 nitrogen and oxygen atoms in total. The van der Waals surface area contributed by atoms with E-state index in [1.807, 2.05) is 20.8 Å². The van der Waals surface area contributed by atoms with E-state index in [-0.39, 0.29) is 11.2 Å². The van der Waals surface area contributed by atoms with Crippen LogP contribution < -0.4 is 11.1 Å². The van der Waals surface area contributed by atoms with Crippen molar-refractivity contribution < 1.29 is 4.79 Å². The average molecular weight is 294 g/mol. The Morgan fingerprint density at radius 3 is 2.40 bits per heavy atom. The van der Waals surface area contributed by atoms with Crippen LogP contribution in [0.4, 0.5) is 5.69 Å². The standard InChI is InChI=1S/C16H26N2OS/c1-11-9-12(2)15(13(3)10-11)18-16(19)14(4)20-8-6-5-7-17/h9-10,14H,5-8,17H2,1-4H3,(H,18,19). The fourth-order valence-electron chi connectivity index (χ4n) is 2.18. The number of rotatable bonds is 7. The zero-order valence-electron chi connectivity index (χ0n) is 13.0. The number of carbonyl (C=O) groups excluding carboxylic acids is 1. The molecule has 0 radical (unpaired) electrons. The number of nitrogens with two attached hydrogens (primary N) is 1. The molecule has 112 valence electrons. The van der Waals surface area contributed by atoms with E-state index >= 15 is 0 Å². The van der Waals surface area contributed by atoms with Crippen LogP contribution in [0.1, 0.15) is 36.5 Å². The van der Waals surface area contributed by atoms with E-state index in [1.165, 1.54) is 5.56 Å². The molecular weight excluding hydrogens is 268 g/mol. The number of benzene rings is 1. The minimum absolute atomic E-state index is 0.0344. The fraction of sp³-hybridized carbons (Fsp3) is 0.562. The van der Waals surface area contributed by atoms with Gasteiger partial charge in [-0.15, -0.1) is 11.8 Å². The summed E-state index contributed by atoms with van der Waals surface area (Å²) >= 11 is 1.69. The molecule has 0 saturated carbocycles. The van der Waals surface area contributed by atoms with Gasteiger partial charge in [0.25, 0.3) is 0 Å². The first kappa shape index (κ1) is 17.1. The van der Waals surface area contributed by atoms with E-state index in [0.717, 1.165) is 42.0 Å². The Bertz CT molecular complexity index is 437. The van der Waals surface area contributed by atoms with Gasteiger partial charge in [0, 0.05) is 5.69 Å². The van der Waals surface area contributed by atoms with Crippen LogP contribution >= 0.6 is 11.8 Å². The summed E-state index contributed by atoms with van der Waals surface area (Å²) in [6.07, 6.45) is 2.10. The third kappa shape index (κ3) is 5.17. The summed E-state index contributed by atoms with van der Waals surface area (Å²) in [5.74, 6) is 1.07. The second kappa shape index (κ2) is 8.32. The van der Waals surface area contributed by atoms with Gasteiger partial charge in [0.1, 0.15) is 0 Å². The maximum Gasteiger partial charge on any atom is 0.237 e. The van der Waals surface area contributed by atoms with Crippen LogP contribution in [-0.4, -0.2) is 23.5 Å². The highest BCUT2D eigenvalue weighted by Crippen LogP contribution is 2.23. The van der Waals surface area contributed by atoms with Gasteiger partial charge in [-0.3, -0.25) is 4.79 Å². The van der Waals surface area contributed by atoms with E-state index in [4.69, 9.17) is 5.73 Å². The molecular formula is C16H26N2OS. The summed E-state index contributed by atoms with van der Waals surface area (Å²) in [5.41, 5.74) is 9.89. The lowest BCUT2D eigenvalue weighted by Crippen LogP contribution is -2.23. The molecule has 0 bridgehead atoms. The molecule has 1 unspecified atom stereocenters. The van der Waals surface area contributed by atoms with Crippen LogP contribution in [0.15, 0.2) is 12.1 Å². The number of aryl methyl sites for hydroxylation is 3. The quantitative estimate of drug-likeness (QED) is 0.758. The number of amides is 1. The Balaban J connectivity index is 2.57. The molecule has 0 fully saturated rings. The summed E-state index contributed by atoms with van der Waals surface area (Å²) in [6, 6.07) is 4.20. The van der Waals surface area contributed by atoms with Crippen molar-refractivity contribution in [1.29, 1.82) is 0 Å². The molecule has 0 aliphatic heterocycles. The van der Waals surface area contributed by atoms with Crippen molar-refractivity contribution in [2.45, 2.75) is 45.8 Å². The Hall–Kier alpha value is -1.00. The van der Waals surface area contributed by atoms with Gasteiger partial charge in [0.2, 0.25) is 5.91 Å². The Labute approximate surface area is 126 Å². The number of anilines is 1. The van der Waals surface area contributed by atoms with Gasteiger partial charge >= 0.3 is 0 Å². The van der Waals surface area contributed by atoms with Crippen LogP contribution in [0.5, 0.6) is 0 Å².